The molecular weight excluding hydrogens is 323 g/mol. The van der Waals surface area contributed by atoms with Crippen LogP contribution in [0, 0.1) is 0 Å². The van der Waals surface area contributed by atoms with Crippen LogP contribution >= 0.6 is 15.9 Å². The summed E-state index contributed by atoms with van der Waals surface area (Å²) in [5, 5.41) is 3.21. The summed E-state index contributed by atoms with van der Waals surface area (Å²) in [7, 11) is 0. The van der Waals surface area contributed by atoms with Crippen molar-refractivity contribution in [2.24, 2.45) is 0 Å². The van der Waals surface area contributed by atoms with E-state index >= 15 is 0 Å². The van der Waals surface area contributed by atoms with Gasteiger partial charge in [0, 0.05) is 17.1 Å². The Balaban J connectivity index is 2.01. The van der Waals surface area contributed by atoms with Gasteiger partial charge in [0.05, 0.1) is 6.10 Å². The molecular formula is C13H15BrF3NO. The van der Waals surface area contributed by atoms with E-state index in [0.717, 1.165) is 22.9 Å². The van der Waals surface area contributed by atoms with Crippen molar-refractivity contribution in [2.75, 3.05) is 13.2 Å². The number of halogens is 4. The summed E-state index contributed by atoms with van der Waals surface area (Å²) in [6, 6.07) is 7.62. The van der Waals surface area contributed by atoms with Crippen molar-refractivity contribution in [2.45, 2.75) is 31.2 Å². The Labute approximate surface area is 118 Å². The average molecular weight is 338 g/mol. The molecule has 0 aliphatic heterocycles. The van der Waals surface area contributed by atoms with Gasteiger partial charge in [-0.1, -0.05) is 34.1 Å². The summed E-state index contributed by atoms with van der Waals surface area (Å²) in [5.41, 5.74) is 0.736. The second-order valence-corrected chi connectivity index (χ2v) is 5.47. The minimum Gasteiger partial charge on any atom is -0.363 e. The van der Waals surface area contributed by atoms with Crippen molar-refractivity contribution in [3.05, 3.63) is 34.3 Å². The Morgan fingerprint density at radius 3 is 2.58 bits per heavy atom. The Bertz CT molecular complexity index is 421. The predicted octanol–water partition coefficient (Wildman–Crippen LogP) is 3.82. The molecule has 0 heterocycles. The molecule has 2 nitrogen and oxygen atoms in total. The van der Waals surface area contributed by atoms with Crippen molar-refractivity contribution in [1.29, 1.82) is 0 Å². The minimum atomic E-state index is -4.31. The van der Waals surface area contributed by atoms with Gasteiger partial charge in [0.15, 0.2) is 0 Å². The number of rotatable bonds is 6. The number of hydrogen-bond acceptors (Lipinski definition) is 2. The fourth-order valence-electron chi connectivity index (χ4n) is 1.75. The van der Waals surface area contributed by atoms with Gasteiger partial charge in [-0.25, -0.2) is 0 Å². The second kappa shape index (κ2) is 6.24. The molecule has 1 fully saturated rings. The fourth-order valence-corrected chi connectivity index (χ4v) is 2.29. The first-order chi connectivity index (χ1) is 8.96. The SMILES string of the molecule is FC(F)(F)COC(CNC1CC1)c1ccccc1Br. The molecule has 0 bridgehead atoms. The summed E-state index contributed by atoms with van der Waals surface area (Å²) >= 11 is 3.35. The lowest BCUT2D eigenvalue weighted by Gasteiger charge is -2.21. The first-order valence-corrected chi connectivity index (χ1v) is 6.91. The van der Waals surface area contributed by atoms with E-state index in [0.29, 0.717) is 12.6 Å². The normalized spacial score (nSPS) is 17.5. The smallest absolute Gasteiger partial charge is 0.363 e. The average Bonchev–Trinajstić information content (AvgIpc) is 3.13. The van der Waals surface area contributed by atoms with E-state index in [2.05, 4.69) is 21.2 Å². The molecule has 0 saturated heterocycles. The molecule has 1 aromatic rings. The van der Waals surface area contributed by atoms with E-state index in [9.17, 15) is 13.2 Å². The highest BCUT2D eigenvalue weighted by Crippen LogP contribution is 2.29. The number of benzene rings is 1. The van der Waals surface area contributed by atoms with Crippen LogP contribution in [0.1, 0.15) is 24.5 Å². The summed E-state index contributed by atoms with van der Waals surface area (Å²) in [5.74, 6) is 0. The zero-order valence-corrected chi connectivity index (χ0v) is 11.8. The van der Waals surface area contributed by atoms with Crippen LogP contribution in [0.3, 0.4) is 0 Å². The van der Waals surface area contributed by atoms with Gasteiger partial charge in [-0.2, -0.15) is 13.2 Å². The highest BCUT2D eigenvalue weighted by atomic mass is 79.9. The predicted molar refractivity (Wildman–Crippen MR) is 69.9 cm³/mol. The van der Waals surface area contributed by atoms with E-state index in [-0.39, 0.29) is 0 Å². The number of ether oxygens (including phenoxy) is 1. The molecule has 1 saturated carbocycles. The molecule has 0 amide bonds. The van der Waals surface area contributed by atoms with Gasteiger partial charge in [-0.3, -0.25) is 0 Å². The van der Waals surface area contributed by atoms with Crippen LogP contribution in [-0.4, -0.2) is 25.4 Å². The van der Waals surface area contributed by atoms with Crippen LogP contribution in [0.25, 0.3) is 0 Å². The molecule has 1 atom stereocenters. The maximum Gasteiger partial charge on any atom is 0.411 e. The zero-order chi connectivity index (χ0) is 13.9. The van der Waals surface area contributed by atoms with Gasteiger partial charge in [0.25, 0.3) is 0 Å². The fraction of sp³-hybridized carbons (Fsp3) is 0.538. The third kappa shape index (κ3) is 5.12. The lowest BCUT2D eigenvalue weighted by atomic mass is 10.1. The van der Waals surface area contributed by atoms with Crippen LogP contribution in [-0.2, 0) is 4.74 Å². The van der Waals surface area contributed by atoms with Crippen molar-refractivity contribution < 1.29 is 17.9 Å². The molecule has 1 aliphatic rings. The van der Waals surface area contributed by atoms with E-state index in [1.165, 1.54) is 0 Å². The molecule has 0 radical (unpaired) electrons. The molecule has 1 unspecified atom stereocenters. The summed E-state index contributed by atoms with van der Waals surface area (Å²) < 4.78 is 42.7. The number of hydrogen-bond donors (Lipinski definition) is 1. The summed E-state index contributed by atoms with van der Waals surface area (Å²) in [4.78, 5) is 0. The maximum absolute atomic E-state index is 12.3. The largest absolute Gasteiger partial charge is 0.411 e. The highest BCUT2D eigenvalue weighted by molar-refractivity contribution is 9.10. The molecule has 1 aromatic carbocycles. The van der Waals surface area contributed by atoms with Crippen molar-refractivity contribution >= 4 is 15.9 Å². The van der Waals surface area contributed by atoms with E-state index in [1.807, 2.05) is 6.07 Å². The van der Waals surface area contributed by atoms with Gasteiger partial charge >= 0.3 is 6.18 Å². The Hall–Kier alpha value is -0.590. The molecule has 1 aliphatic carbocycles. The van der Waals surface area contributed by atoms with Crippen molar-refractivity contribution in [1.82, 2.24) is 5.32 Å². The van der Waals surface area contributed by atoms with E-state index in [4.69, 9.17) is 4.74 Å². The zero-order valence-electron chi connectivity index (χ0n) is 10.2. The van der Waals surface area contributed by atoms with Crippen LogP contribution in [0.4, 0.5) is 13.2 Å². The Morgan fingerprint density at radius 2 is 2.00 bits per heavy atom. The topological polar surface area (TPSA) is 21.3 Å². The van der Waals surface area contributed by atoms with Crippen molar-refractivity contribution in [3.63, 3.8) is 0 Å². The van der Waals surface area contributed by atoms with Crippen LogP contribution in [0.15, 0.2) is 28.7 Å². The number of nitrogens with one attached hydrogen (secondary N) is 1. The molecule has 2 rings (SSSR count). The third-order valence-electron chi connectivity index (χ3n) is 2.87. The lowest BCUT2D eigenvalue weighted by molar-refractivity contribution is -0.185. The van der Waals surface area contributed by atoms with Crippen molar-refractivity contribution in [3.8, 4) is 0 Å². The molecule has 1 N–H and O–H groups in total. The van der Waals surface area contributed by atoms with Gasteiger partial charge < -0.3 is 10.1 Å². The molecule has 0 spiro atoms. The van der Waals surface area contributed by atoms with Crippen LogP contribution in [0.2, 0.25) is 0 Å². The van der Waals surface area contributed by atoms with Crippen LogP contribution in [0.5, 0.6) is 0 Å². The monoisotopic (exact) mass is 337 g/mol. The van der Waals surface area contributed by atoms with E-state index in [1.54, 1.807) is 18.2 Å². The van der Waals surface area contributed by atoms with Gasteiger partial charge in [-0.15, -0.1) is 0 Å². The summed E-state index contributed by atoms with van der Waals surface area (Å²) in [6.45, 7) is -0.839. The number of alkyl halides is 3. The van der Waals surface area contributed by atoms with Crippen LogP contribution < -0.4 is 5.32 Å². The molecule has 19 heavy (non-hydrogen) atoms. The minimum absolute atomic E-state index is 0.392. The third-order valence-corrected chi connectivity index (χ3v) is 3.59. The quantitative estimate of drug-likeness (QED) is 0.851. The maximum atomic E-state index is 12.3. The van der Waals surface area contributed by atoms with Gasteiger partial charge in [0.1, 0.15) is 6.61 Å². The lowest BCUT2D eigenvalue weighted by Crippen LogP contribution is -2.28. The van der Waals surface area contributed by atoms with Gasteiger partial charge in [0.2, 0.25) is 0 Å². The molecule has 0 aromatic heterocycles. The first-order valence-electron chi connectivity index (χ1n) is 6.12. The Morgan fingerprint density at radius 1 is 1.32 bits per heavy atom. The molecule has 106 valence electrons. The Kier molecular flexibility index (Phi) is 4.86. The van der Waals surface area contributed by atoms with Gasteiger partial charge in [-0.05, 0) is 24.5 Å². The molecule has 6 heteroatoms. The summed E-state index contributed by atoms with van der Waals surface area (Å²) in [6.07, 6.45) is -2.74. The van der Waals surface area contributed by atoms with E-state index < -0.39 is 18.9 Å². The first kappa shape index (κ1) is 14.8. The standard InChI is InChI=1S/C13H15BrF3NO/c14-11-4-2-1-3-10(11)12(7-18-9-5-6-9)19-8-13(15,16)17/h1-4,9,12,18H,5-8H2. The highest BCUT2D eigenvalue weighted by Gasteiger charge is 2.31. The second-order valence-electron chi connectivity index (χ2n) is 4.62.